The van der Waals surface area contributed by atoms with Crippen LogP contribution in [0.1, 0.15) is 25.7 Å². The van der Waals surface area contributed by atoms with Crippen molar-refractivity contribution in [2.75, 3.05) is 0 Å². The van der Waals surface area contributed by atoms with Crippen LogP contribution in [-0.4, -0.2) is 22.8 Å². The summed E-state index contributed by atoms with van der Waals surface area (Å²) in [6.07, 6.45) is 6.35. The standard InChI is InChI=1S/C11H14O3/c12-9-5-6-10(13)14-11(9,7-1-2-7)8-3-4-8/h5-8,10,13H,1-4H2. The Morgan fingerprint density at radius 3 is 2.36 bits per heavy atom. The molecule has 3 heteroatoms. The van der Waals surface area contributed by atoms with Crippen molar-refractivity contribution in [3.05, 3.63) is 12.2 Å². The first kappa shape index (κ1) is 8.62. The molecule has 1 N–H and O–H groups in total. The summed E-state index contributed by atoms with van der Waals surface area (Å²) in [5, 5.41) is 9.45. The summed E-state index contributed by atoms with van der Waals surface area (Å²) >= 11 is 0. The first-order valence-electron chi connectivity index (χ1n) is 5.32. The molecule has 0 bridgehead atoms. The second kappa shape index (κ2) is 2.67. The average Bonchev–Trinajstić information content (AvgIpc) is 3.04. The van der Waals surface area contributed by atoms with E-state index in [2.05, 4.69) is 0 Å². The van der Waals surface area contributed by atoms with Gasteiger partial charge in [0.25, 0.3) is 0 Å². The molecule has 76 valence electrons. The minimum absolute atomic E-state index is 0.0767. The van der Waals surface area contributed by atoms with Gasteiger partial charge in [-0.15, -0.1) is 0 Å². The number of aliphatic hydroxyl groups is 1. The smallest absolute Gasteiger partial charge is 0.188 e. The third-order valence-electron chi connectivity index (χ3n) is 3.48. The van der Waals surface area contributed by atoms with Crippen LogP contribution in [0.5, 0.6) is 0 Å². The molecule has 2 saturated carbocycles. The third kappa shape index (κ3) is 1.09. The van der Waals surface area contributed by atoms with Gasteiger partial charge in [-0.05, 0) is 49.7 Å². The first-order valence-corrected chi connectivity index (χ1v) is 5.32. The number of hydrogen-bond acceptors (Lipinski definition) is 3. The predicted molar refractivity (Wildman–Crippen MR) is 49.4 cm³/mol. The van der Waals surface area contributed by atoms with Crippen molar-refractivity contribution in [1.82, 2.24) is 0 Å². The van der Waals surface area contributed by atoms with Crippen molar-refractivity contribution < 1.29 is 14.6 Å². The van der Waals surface area contributed by atoms with E-state index in [1.807, 2.05) is 0 Å². The molecular formula is C11H14O3. The number of ketones is 1. The maximum Gasteiger partial charge on any atom is 0.188 e. The molecule has 0 aromatic rings. The highest BCUT2D eigenvalue weighted by atomic mass is 16.6. The van der Waals surface area contributed by atoms with Gasteiger partial charge >= 0.3 is 0 Å². The Morgan fingerprint density at radius 2 is 1.86 bits per heavy atom. The van der Waals surface area contributed by atoms with Crippen molar-refractivity contribution in [1.29, 1.82) is 0 Å². The Hall–Kier alpha value is -0.670. The summed E-state index contributed by atoms with van der Waals surface area (Å²) in [4.78, 5) is 11.9. The Morgan fingerprint density at radius 1 is 1.29 bits per heavy atom. The Balaban J connectivity index is 1.96. The first-order chi connectivity index (χ1) is 6.73. The summed E-state index contributed by atoms with van der Waals surface area (Å²) < 4.78 is 5.55. The lowest BCUT2D eigenvalue weighted by Crippen LogP contribution is -2.50. The maximum atomic E-state index is 11.9. The van der Waals surface area contributed by atoms with E-state index in [1.165, 1.54) is 12.2 Å². The molecule has 2 aliphatic carbocycles. The fraction of sp³-hybridized carbons (Fsp3) is 0.727. The molecule has 0 radical (unpaired) electrons. The zero-order valence-corrected chi connectivity index (χ0v) is 7.98. The monoisotopic (exact) mass is 194 g/mol. The van der Waals surface area contributed by atoms with E-state index in [1.54, 1.807) is 0 Å². The van der Waals surface area contributed by atoms with E-state index in [0.29, 0.717) is 11.8 Å². The van der Waals surface area contributed by atoms with E-state index >= 15 is 0 Å². The van der Waals surface area contributed by atoms with Gasteiger partial charge < -0.3 is 9.84 Å². The molecule has 3 rings (SSSR count). The van der Waals surface area contributed by atoms with Gasteiger partial charge in [0.05, 0.1) is 0 Å². The van der Waals surface area contributed by atoms with Gasteiger partial charge in [-0.25, -0.2) is 0 Å². The molecule has 1 atom stereocenters. The zero-order chi connectivity index (χ0) is 9.76. The Bertz CT molecular complexity index is 288. The topological polar surface area (TPSA) is 46.5 Å². The number of carbonyl (C=O) groups excluding carboxylic acids is 1. The molecule has 1 heterocycles. The second-order valence-corrected chi connectivity index (χ2v) is 4.57. The van der Waals surface area contributed by atoms with Gasteiger partial charge in [0.1, 0.15) is 5.60 Å². The number of rotatable bonds is 2. The Kier molecular flexibility index (Phi) is 1.65. The average molecular weight is 194 g/mol. The van der Waals surface area contributed by atoms with Gasteiger partial charge in [-0.1, -0.05) is 0 Å². The van der Waals surface area contributed by atoms with Crippen LogP contribution in [0, 0.1) is 11.8 Å². The van der Waals surface area contributed by atoms with Crippen molar-refractivity contribution in [3.8, 4) is 0 Å². The van der Waals surface area contributed by atoms with E-state index in [-0.39, 0.29) is 5.78 Å². The van der Waals surface area contributed by atoms with Gasteiger partial charge in [0.2, 0.25) is 0 Å². The van der Waals surface area contributed by atoms with Gasteiger partial charge in [-0.3, -0.25) is 4.79 Å². The van der Waals surface area contributed by atoms with Crippen molar-refractivity contribution in [2.45, 2.75) is 37.6 Å². The lowest BCUT2D eigenvalue weighted by atomic mass is 9.85. The van der Waals surface area contributed by atoms with E-state index in [0.717, 1.165) is 25.7 Å². The maximum absolute atomic E-state index is 11.9. The molecular weight excluding hydrogens is 180 g/mol. The van der Waals surface area contributed by atoms with Gasteiger partial charge in [-0.2, -0.15) is 0 Å². The summed E-state index contributed by atoms with van der Waals surface area (Å²) in [6, 6.07) is 0. The largest absolute Gasteiger partial charge is 0.365 e. The molecule has 0 spiro atoms. The minimum atomic E-state index is -0.881. The molecule has 2 fully saturated rings. The molecule has 0 saturated heterocycles. The van der Waals surface area contributed by atoms with E-state index in [9.17, 15) is 9.90 Å². The molecule has 14 heavy (non-hydrogen) atoms. The number of aliphatic hydroxyl groups excluding tert-OH is 1. The van der Waals surface area contributed by atoms with Crippen LogP contribution in [0.25, 0.3) is 0 Å². The van der Waals surface area contributed by atoms with Crippen molar-refractivity contribution >= 4 is 5.78 Å². The number of ether oxygens (including phenoxy) is 1. The van der Waals surface area contributed by atoms with Gasteiger partial charge in [0, 0.05) is 0 Å². The zero-order valence-electron chi connectivity index (χ0n) is 7.98. The van der Waals surface area contributed by atoms with Crippen LogP contribution in [-0.2, 0) is 9.53 Å². The fourth-order valence-electron chi connectivity index (χ4n) is 2.55. The Labute approximate surface area is 82.8 Å². The molecule has 0 aromatic heterocycles. The molecule has 3 nitrogen and oxygen atoms in total. The summed E-state index contributed by atoms with van der Waals surface area (Å²) in [5.41, 5.74) is -0.645. The summed E-state index contributed by atoms with van der Waals surface area (Å²) in [7, 11) is 0. The fourth-order valence-corrected chi connectivity index (χ4v) is 2.55. The number of hydrogen-bond donors (Lipinski definition) is 1. The van der Waals surface area contributed by atoms with E-state index < -0.39 is 11.9 Å². The van der Waals surface area contributed by atoms with E-state index in [4.69, 9.17) is 4.74 Å². The SMILES string of the molecule is O=C1C=CC(O)OC1(C1CC1)C1CC1. The quantitative estimate of drug-likeness (QED) is 0.713. The lowest BCUT2D eigenvalue weighted by molar-refractivity contribution is -0.191. The van der Waals surface area contributed by atoms with Crippen molar-refractivity contribution in [2.24, 2.45) is 11.8 Å². The van der Waals surface area contributed by atoms with Crippen LogP contribution in [0.2, 0.25) is 0 Å². The summed E-state index contributed by atoms with van der Waals surface area (Å²) in [5.74, 6) is 0.803. The normalized spacial score (nSPS) is 36.1. The highest BCUT2D eigenvalue weighted by Crippen LogP contribution is 2.55. The summed E-state index contributed by atoms with van der Waals surface area (Å²) in [6.45, 7) is 0. The predicted octanol–water partition coefficient (Wildman–Crippen LogP) is 1.02. The molecule has 1 unspecified atom stereocenters. The van der Waals surface area contributed by atoms with Crippen LogP contribution >= 0.6 is 0 Å². The van der Waals surface area contributed by atoms with Crippen LogP contribution < -0.4 is 0 Å². The second-order valence-electron chi connectivity index (χ2n) is 4.57. The lowest BCUT2D eigenvalue weighted by Gasteiger charge is -2.36. The molecule has 1 aliphatic heterocycles. The molecule has 0 amide bonds. The minimum Gasteiger partial charge on any atom is -0.365 e. The van der Waals surface area contributed by atoms with Crippen molar-refractivity contribution in [3.63, 3.8) is 0 Å². The highest BCUT2D eigenvalue weighted by Gasteiger charge is 2.60. The number of carbonyl (C=O) groups is 1. The highest BCUT2D eigenvalue weighted by molar-refractivity contribution is 5.99. The van der Waals surface area contributed by atoms with Gasteiger partial charge in [0.15, 0.2) is 12.1 Å². The third-order valence-corrected chi connectivity index (χ3v) is 3.48. The molecule has 0 aromatic carbocycles. The van der Waals surface area contributed by atoms with Crippen LogP contribution in [0.15, 0.2) is 12.2 Å². The van der Waals surface area contributed by atoms with Crippen LogP contribution in [0.4, 0.5) is 0 Å². The molecule has 3 aliphatic rings. The van der Waals surface area contributed by atoms with Crippen LogP contribution in [0.3, 0.4) is 0 Å².